The van der Waals surface area contributed by atoms with Gasteiger partial charge in [0.1, 0.15) is 0 Å². The number of nitrogens with zero attached hydrogens (tertiary/aromatic N) is 3. The molecule has 0 aromatic heterocycles. The Morgan fingerprint density at radius 3 is 1.66 bits per heavy atom. The summed E-state index contributed by atoms with van der Waals surface area (Å²) >= 11 is 0. The van der Waals surface area contributed by atoms with Gasteiger partial charge in [-0.05, 0) is 31.0 Å². The standard InChI is InChI=1S/C21H21F6N3O4S/c22-20(23,24)13-9-14(21(25,26)27)11-15(10-13)35(33,34)29-7-5-28(6-8-29)12-30-18(31)16-3-1-2-4-17(16)19(30)32/h1-2,9-11,16-17H,3-8,12H2/t16-,17-/m1/s1. The second kappa shape index (κ2) is 8.89. The maximum Gasteiger partial charge on any atom is 0.416 e. The molecule has 0 bridgehead atoms. The smallest absolute Gasteiger partial charge is 0.283 e. The van der Waals surface area contributed by atoms with Crippen LogP contribution in [0.15, 0.2) is 35.2 Å². The van der Waals surface area contributed by atoms with E-state index in [0.29, 0.717) is 12.8 Å². The van der Waals surface area contributed by atoms with E-state index in [-0.39, 0.29) is 62.9 Å². The summed E-state index contributed by atoms with van der Waals surface area (Å²) in [7, 11) is -4.67. The average Bonchev–Trinajstić information content (AvgIpc) is 3.03. The molecule has 2 aliphatic heterocycles. The molecular formula is C21H21F6N3O4S. The number of imide groups is 1. The Balaban J connectivity index is 1.48. The van der Waals surface area contributed by atoms with Crippen LogP contribution in [0.3, 0.4) is 0 Å². The lowest BCUT2D eigenvalue weighted by Gasteiger charge is -2.35. The van der Waals surface area contributed by atoms with Gasteiger partial charge in [-0.2, -0.15) is 30.6 Å². The number of rotatable bonds is 4. The summed E-state index contributed by atoms with van der Waals surface area (Å²) in [5.74, 6) is -1.44. The molecule has 1 aromatic carbocycles. The van der Waals surface area contributed by atoms with Gasteiger partial charge in [0.05, 0.1) is 34.5 Å². The van der Waals surface area contributed by atoms with Crippen LogP contribution in [0.5, 0.6) is 0 Å². The summed E-state index contributed by atoms with van der Waals surface area (Å²) < 4.78 is 105. The zero-order chi connectivity index (χ0) is 25.8. The highest BCUT2D eigenvalue weighted by Crippen LogP contribution is 2.38. The summed E-state index contributed by atoms with van der Waals surface area (Å²) in [4.78, 5) is 26.9. The molecule has 192 valence electrons. The molecule has 1 aromatic rings. The van der Waals surface area contributed by atoms with Gasteiger partial charge in [0.2, 0.25) is 21.8 Å². The second-order valence-electron chi connectivity index (χ2n) is 8.67. The van der Waals surface area contributed by atoms with Gasteiger partial charge in [0, 0.05) is 26.2 Å². The number of halogens is 6. The Kier molecular flexibility index (Phi) is 6.51. The molecule has 14 heteroatoms. The van der Waals surface area contributed by atoms with E-state index >= 15 is 0 Å². The van der Waals surface area contributed by atoms with Crippen LogP contribution in [0.25, 0.3) is 0 Å². The molecule has 7 nitrogen and oxygen atoms in total. The third kappa shape index (κ3) is 4.96. The van der Waals surface area contributed by atoms with Crippen molar-refractivity contribution >= 4 is 21.8 Å². The van der Waals surface area contributed by atoms with E-state index in [1.54, 1.807) is 4.90 Å². The van der Waals surface area contributed by atoms with Gasteiger partial charge >= 0.3 is 12.4 Å². The van der Waals surface area contributed by atoms with Crippen molar-refractivity contribution in [3.8, 4) is 0 Å². The van der Waals surface area contributed by atoms with Crippen LogP contribution >= 0.6 is 0 Å². The van der Waals surface area contributed by atoms with Gasteiger partial charge in [-0.15, -0.1) is 0 Å². The fourth-order valence-electron chi connectivity index (χ4n) is 4.54. The SMILES string of the molecule is O=C1[C@@H]2CC=CC[C@H]2C(=O)N1CN1CCN(S(=O)(=O)c2cc(C(F)(F)F)cc(C(F)(F)F)c2)CC1. The molecule has 3 aliphatic rings. The minimum atomic E-state index is -5.17. The van der Waals surface area contributed by atoms with Gasteiger partial charge < -0.3 is 0 Å². The van der Waals surface area contributed by atoms with E-state index in [4.69, 9.17) is 0 Å². The number of benzene rings is 1. The number of allylic oxidation sites excluding steroid dienone is 2. The Bertz CT molecular complexity index is 1100. The number of hydrogen-bond donors (Lipinski definition) is 0. The van der Waals surface area contributed by atoms with Crippen molar-refractivity contribution in [1.82, 2.24) is 14.1 Å². The van der Waals surface area contributed by atoms with Crippen LogP contribution in [0.4, 0.5) is 26.3 Å². The fourth-order valence-corrected chi connectivity index (χ4v) is 6.04. The van der Waals surface area contributed by atoms with Crippen LogP contribution < -0.4 is 0 Å². The summed E-state index contributed by atoms with van der Waals surface area (Å²) in [5, 5.41) is 0. The lowest BCUT2D eigenvalue weighted by atomic mass is 9.85. The number of likely N-dealkylation sites (tertiary alicyclic amines) is 1. The minimum Gasteiger partial charge on any atom is -0.283 e. The van der Waals surface area contributed by atoms with Crippen molar-refractivity contribution in [2.24, 2.45) is 11.8 Å². The van der Waals surface area contributed by atoms with E-state index < -0.39 is 50.2 Å². The largest absolute Gasteiger partial charge is 0.416 e. The number of piperazine rings is 1. The maximum absolute atomic E-state index is 13.1. The first-order valence-electron chi connectivity index (χ1n) is 10.7. The molecular weight excluding hydrogens is 504 g/mol. The van der Waals surface area contributed by atoms with E-state index in [9.17, 15) is 44.3 Å². The first-order chi connectivity index (χ1) is 16.2. The number of alkyl halides is 6. The molecule has 35 heavy (non-hydrogen) atoms. The van der Waals surface area contributed by atoms with Crippen molar-refractivity contribution in [3.63, 3.8) is 0 Å². The second-order valence-corrected chi connectivity index (χ2v) is 10.6. The lowest BCUT2D eigenvalue weighted by Crippen LogP contribution is -2.52. The molecule has 0 saturated carbocycles. The van der Waals surface area contributed by atoms with Crippen LogP contribution in [-0.4, -0.2) is 67.2 Å². The Labute approximate surface area is 197 Å². The number of fused-ring (bicyclic) bond motifs is 1. The number of carbonyl (C=O) groups excluding carboxylic acids is 2. The van der Waals surface area contributed by atoms with Crippen molar-refractivity contribution in [1.29, 1.82) is 0 Å². The third-order valence-corrected chi connectivity index (χ3v) is 8.35. The van der Waals surface area contributed by atoms with Crippen LogP contribution in [0, 0.1) is 11.8 Å². The maximum atomic E-state index is 13.1. The molecule has 2 saturated heterocycles. The van der Waals surface area contributed by atoms with Gasteiger partial charge in [-0.1, -0.05) is 12.2 Å². The number of carbonyl (C=O) groups is 2. The van der Waals surface area contributed by atoms with Crippen LogP contribution in [0.1, 0.15) is 24.0 Å². The third-order valence-electron chi connectivity index (χ3n) is 6.47. The monoisotopic (exact) mass is 525 g/mol. The van der Waals surface area contributed by atoms with E-state index in [1.165, 1.54) is 0 Å². The highest BCUT2D eigenvalue weighted by atomic mass is 32.2. The molecule has 0 unspecified atom stereocenters. The molecule has 1 aliphatic carbocycles. The lowest BCUT2D eigenvalue weighted by molar-refractivity contribution is -0.144. The van der Waals surface area contributed by atoms with E-state index in [0.717, 1.165) is 9.21 Å². The molecule has 0 N–H and O–H groups in total. The van der Waals surface area contributed by atoms with Gasteiger partial charge in [-0.25, -0.2) is 8.42 Å². The zero-order valence-corrected chi connectivity index (χ0v) is 19.0. The van der Waals surface area contributed by atoms with Crippen molar-refractivity contribution in [2.45, 2.75) is 30.1 Å². The predicted octanol–water partition coefficient (Wildman–Crippen LogP) is 2.94. The first kappa shape index (κ1) is 25.6. The van der Waals surface area contributed by atoms with Gasteiger partial charge in [0.25, 0.3) is 0 Å². The topological polar surface area (TPSA) is 78.0 Å². The van der Waals surface area contributed by atoms with Crippen molar-refractivity contribution < 1.29 is 44.3 Å². The number of hydrogen-bond acceptors (Lipinski definition) is 5. The van der Waals surface area contributed by atoms with Crippen molar-refractivity contribution in [3.05, 3.63) is 41.5 Å². The van der Waals surface area contributed by atoms with Gasteiger partial charge in [0.15, 0.2) is 0 Å². The van der Waals surface area contributed by atoms with E-state index in [2.05, 4.69) is 0 Å². The van der Waals surface area contributed by atoms with Gasteiger partial charge in [-0.3, -0.25) is 19.4 Å². The molecule has 2 atom stereocenters. The molecule has 0 spiro atoms. The summed E-state index contributed by atoms with van der Waals surface area (Å²) in [5.41, 5.74) is -3.43. The van der Waals surface area contributed by atoms with Crippen LogP contribution in [0.2, 0.25) is 0 Å². The summed E-state index contributed by atoms with van der Waals surface area (Å²) in [6.07, 6.45) is -5.73. The number of amides is 2. The van der Waals surface area contributed by atoms with Crippen LogP contribution in [-0.2, 0) is 32.0 Å². The van der Waals surface area contributed by atoms with Crippen molar-refractivity contribution in [2.75, 3.05) is 32.8 Å². The fraction of sp³-hybridized carbons (Fsp3) is 0.524. The zero-order valence-electron chi connectivity index (χ0n) is 18.1. The highest BCUT2D eigenvalue weighted by Gasteiger charge is 2.48. The Morgan fingerprint density at radius 2 is 1.23 bits per heavy atom. The Morgan fingerprint density at radius 1 is 0.771 bits per heavy atom. The molecule has 0 radical (unpaired) electrons. The molecule has 2 heterocycles. The predicted molar refractivity (Wildman–Crippen MR) is 109 cm³/mol. The first-order valence-corrected chi connectivity index (χ1v) is 12.2. The Hall–Kier alpha value is -2.45. The van der Waals surface area contributed by atoms with E-state index in [1.807, 2.05) is 12.2 Å². The summed E-state index contributed by atoms with van der Waals surface area (Å²) in [6, 6.07) is 0.247. The number of sulfonamides is 1. The normalized spacial score (nSPS) is 24.8. The summed E-state index contributed by atoms with van der Waals surface area (Å²) in [6.45, 7) is -0.445. The molecule has 4 rings (SSSR count). The average molecular weight is 525 g/mol. The minimum absolute atomic E-state index is 0.0367. The molecule has 2 amide bonds. The highest BCUT2D eigenvalue weighted by molar-refractivity contribution is 7.89. The quantitative estimate of drug-likeness (QED) is 0.343. The molecule has 2 fully saturated rings.